The van der Waals surface area contributed by atoms with Crippen molar-refractivity contribution in [1.29, 1.82) is 0 Å². The second-order valence-corrected chi connectivity index (χ2v) is 8.01. The van der Waals surface area contributed by atoms with Gasteiger partial charge in [0.2, 0.25) is 0 Å². The summed E-state index contributed by atoms with van der Waals surface area (Å²) in [7, 11) is 1.78. The largest absolute Gasteiger partial charge is 0.397 e. The van der Waals surface area contributed by atoms with Crippen molar-refractivity contribution < 1.29 is 8.85 Å². The van der Waals surface area contributed by atoms with Crippen molar-refractivity contribution >= 4 is 8.56 Å². The zero-order chi connectivity index (χ0) is 8.70. The SMILES string of the molecule is CO[Si]1(OC)CC(C)C1(C)C. The summed E-state index contributed by atoms with van der Waals surface area (Å²) >= 11 is 0. The molecule has 3 heteroatoms. The third kappa shape index (κ3) is 0.982. The molecule has 0 saturated carbocycles. The van der Waals surface area contributed by atoms with Crippen molar-refractivity contribution in [2.75, 3.05) is 14.2 Å². The summed E-state index contributed by atoms with van der Waals surface area (Å²) < 4.78 is 11.1. The molecule has 0 bridgehead atoms. The fourth-order valence-electron chi connectivity index (χ4n) is 1.94. The van der Waals surface area contributed by atoms with Crippen LogP contribution in [0, 0.1) is 5.92 Å². The van der Waals surface area contributed by atoms with Gasteiger partial charge in [-0.25, -0.2) is 0 Å². The molecule has 2 nitrogen and oxygen atoms in total. The molecular weight excluding hydrogens is 156 g/mol. The van der Waals surface area contributed by atoms with E-state index in [0.717, 1.165) is 12.0 Å². The number of hydrogen-bond acceptors (Lipinski definition) is 2. The van der Waals surface area contributed by atoms with Gasteiger partial charge in [-0.3, -0.25) is 0 Å². The van der Waals surface area contributed by atoms with E-state index in [1.807, 2.05) is 0 Å². The summed E-state index contributed by atoms with van der Waals surface area (Å²) in [5.41, 5.74) is 0. The molecule has 0 aromatic rings. The van der Waals surface area contributed by atoms with Gasteiger partial charge in [0.05, 0.1) is 0 Å². The van der Waals surface area contributed by atoms with E-state index >= 15 is 0 Å². The second-order valence-electron chi connectivity index (χ2n) is 3.99. The van der Waals surface area contributed by atoms with Crippen LogP contribution in [0.3, 0.4) is 0 Å². The van der Waals surface area contributed by atoms with Crippen LogP contribution >= 0.6 is 0 Å². The minimum atomic E-state index is -1.78. The molecule has 1 rings (SSSR count). The smallest absolute Gasteiger partial charge is 0.344 e. The Morgan fingerprint density at radius 1 is 1.27 bits per heavy atom. The van der Waals surface area contributed by atoms with Crippen LogP contribution in [0.2, 0.25) is 11.1 Å². The molecule has 0 aromatic heterocycles. The number of rotatable bonds is 2. The van der Waals surface area contributed by atoms with E-state index < -0.39 is 8.56 Å². The first-order valence-corrected chi connectivity index (χ1v) is 6.13. The Hall–Kier alpha value is 0.137. The van der Waals surface area contributed by atoms with E-state index in [4.69, 9.17) is 8.85 Å². The molecule has 66 valence electrons. The van der Waals surface area contributed by atoms with Gasteiger partial charge in [-0.05, 0) is 12.0 Å². The minimum Gasteiger partial charge on any atom is -0.397 e. The predicted octanol–water partition coefficient (Wildman–Crippen LogP) is 2.15. The lowest BCUT2D eigenvalue weighted by molar-refractivity contribution is 0.142. The van der Waals surface area contributed by atoms with Gasteiger partial charge in [0.15, 0.2) is 0 Å². The van der Waals surface area contributed by atoms with E-state index in [2.05, 4.69) is 20.8 Å². The van der Waals surface area contributed by atoms with Crippen molar-refractivity contribution in [3.8, 4) is 0 Å². The highest BCUT2D eigenvalue weighted by molar-refractivity contribution is 6.73. The quantitative estimate of drug-likeness (QED) is 0.597. The molecular formula is C8H18O2Si. The first-order chi connectivity index (χ1) is 5.00. The first kappa shape index (κ1) is 9.23. The van der Waals surface area contributed by atoms with E-state index in [-0.39, 0.29) is 5.04 Å². The van der Waals surface area contributed by atoms with E-state index in [9.17, 15) is 0 Å². The van der Waals surface area contributed by atoms with Crippen LogP contribution in [0.4, 0.5) is 0 Å². The van der Waals surface area contributed by atoms with E-state index in [1.54, 1.807) is 14.2 Å². The van der Waals surface area contributed by atoms with Crippen LogP contribution in [0.15, 0.2) is 0 Å². The van der Waals surface area contributed by atoms with Gasteiger partial charge in [-0.2, -0.15) is 0 Å². The average Bonchev–Trinajstić information content (AvgIpc) is 1.99. The van der Waals surface area contributed by atoms with Gasteiger partial charge in [0, 0.05) is 19.3 Å². The fourth-order valence-corrected chi connectivity index (χ4v) is 5.83. The van der Waals surface area contributed by atoms with Crippen molar-refractivity contribution in [1.82, 2.24) is 0 Å². The van der Waals surface area contributed by atoms with E-state index in [1.165, 1.54) is 0 Å². The highest BCUT2D eigenvalue weighted by Gasteiger charge is 2.63. The average molecular weight is 174 g/mol. The highest BCUT2D eigenvalue weighted by Crippen LogP contribution is 2.59. The maximum Gasteiger partial charge on any atom is 0.344 e. The summed E-state index contributed by atoms with van der Waals surface area (Å²) in [6.45, 7) is 6.77. The lowest BCUT2D eigenvalue weighted by Crippen LogP contribution is -2.62. The Kier molecular flexibility index (Phi) is 2.16. The van der Waals surface area contributed by atoms with Gasteiger partial charge in [0.25, 0.3) is 0 Å². The first-order valence-electron chi connectivity index (χ1n) is 4.10. The van der Waals surface area contributed by atoms with Crippen LogP contribution in [0.25, 0.3) is 0 Å². The summed E-state index contributed by atoms with van der Waals surface area (Å²) in [6, 6.07) is 1.15. The summed E-state index contributed by atoms with van der Waals surface area (Å²) in [5, 5.41) is 0.288. The molecule has 1 unspecified atom stereocenters. The molecule has 1 saturated heterocycles. The zero-order valence-corrected chi connectivity index (χ0v) is 9.10. The van der Waals surface area contributed by atoms with Gasteiger partial charge in [-0.1, -0.05) is 20.8 Å². The van der Waals surface area contributed by atoms with Crippen LogP contribution in [0.5, 0.6) is 0 Å². The maximum atomic E-state index is 5.53. The van der Waals surface area contributed by atoms with Crippen LogP contribution in [-0.4, -0.2) is 22.8 Å². The highest BCUT2D eigenvalue weighted by atomic mass is 28.4. The molecule has 0 aromatic carbocycles. The fraction of sp³-hybridized carbons (Fsp3) is 1.00. The Morgan fingerprint density at radius 3 is 1.82 bits per heavy atom. The maximum absolute atomic E-state index is 5.53. The Balaban J connectivity index is 2.75. The summed E-state index contributed by atoms with van der Waals surface area (Å²) in [4.78, 5) is 0. The predicted molar refractivity (Wildman–Crippen MR) is 47.8 cm³/mol. The normalized spacial score (nSPS) is 33.0. The standard InChI is InChI=1S/C8H18O2Si/c1-7-6-11(9-4,10-5)8(7,2)3/h7H,6H2,1-5H3. The zero-order valence-electron chi connectivity index (χ0n) is 8.10. The van der Waals surface area contributed by atoms with Crippen molar-refractivity contribution in [3.63, 3.8) is 0 Å². The van der Waals surface area contributed by atoms with Gasteiger partial charge < -0.3 is 8.85 Å². The lowest BCUT2D eigenvalue weighted by atomic mass is 9.97. The van der Waals surface area contributed by atoms with Crippen molar-refractivity contribution in [2.24, 2.45) is 5.92 Å². The molecule has 1 fully saturated rings. The molecule has 1 atom stereocenters. The minimum absolute atomic E-state index is 0.288. The van der Waals surface area contributed by atoms with Crippen molar-refractivity contribution in [3.05, 3.63) is 0 Å². The molecule has 0 N–H and O–H groups in total. The van der Waals surface area contributed by atoms with Crippen LogP contribution in [-0.2, 0) is 8.85 Å². The molecule has 1 aliphatic rings. The van der Waals surface area contributed by atoms with E-state index in [0.29, 0.717) is 0 Å². The molecule has 0 radical (unpaired) electrons. The Labute approximate surface area is 70.1 Å². The van der Waals surface area contributed by atoms with Crippen LogP contribution in [0.1, 0.15) is 20.8 Å². The third-order valence-corrected chi connectivity index (χ3v) is 8.37. The summed E-state index contributed by atoms with van der Waals surface area (Å²) in [5.74, 6) is 0.745. The topological polar surface area (TPSA) is 18.5 Å². The monoisotopic (exact) mass is 174 g/mol. The van der Waals surface area contributed by atoms with Crippen molar-refractivity contribution in [2.45, 2.75) is 31.9 Å². The van der Waals surface area contributed by atoms with Gasteiger partial charge >= 0.3 is 8.56 Å². The number of hydrogen-bond donors (Lipinski definition) is 0. The Morgan fingerprint density at radius 2 is 1.73 bits per heavy atom. The van der Waals surface area contributed by atoms with Crippen LogP contribution < -0.4 is 0 Å². The Bertz CT molecular complexity index is 152. The van der Waals surface area contributed by atoms with Gasteiger partial charge in [0.1, 0.15) is 0 Å². The second kappa shape index (κ2) is 2.57. The van der Waals surface area contributed by atoms with Gasteiger partial charge in [-0.15, -0.1) is 0 Å². The molecule has 1 heterocycles. The molecule has 0 aliphatic carbocycles. The molecule has 0 spiro atoms. The summed E-state index contributed by atoms with van der Waals surface area (Å²) in [6.07, 6.45) is 0. The third-order valence-electron chi connectivity index (χ3n) is 3.45. The molecule has 0 amide bonds. The lowest BCUT2D eigenvalue weighted by Gasteiger charge is -2.55. The molecule has 11 heavy (non-hydrogen) atoms. The molecule has 1 aliphatic heterocycles.